The van der Waals surface area contributed by atoms with Crippen LogP contribution in [0.1, 0.15) is 38.9 Å². The van der Waals surface area contributed by atoms with E-state index in [0.717, 1.165) is 19.6 Å². The Morgan fingerprint density at radius 3 is 2.62 bits per heavy atom. The second-order valence-electron chi connectivity index (χ2n) is 7.08. The van der Waals surface area contributed by atoms with E-state index < -0.39 is 0 Å². The van der Waals surface area contributed by atoms with Crippen molar-refractivity contribution in [1.82, 2.24) is 5.32 Å². The molecule has 0 radical (unpaired) electrons. The molecule has 2 aromatic rings. The Balaban J connectivity index is 1.79. The maximum absolute atomic E-state index is 6.03. The number of nitrogens with one attached hydrogen (secondary N) is 1. The number of rotatable bonds is 3. The maximum atomic E-state index is 6.03. The third-order valence-electron chi connectivity index (χ3n) is 4.21. The molecule has 1 aliphatic rings. The number of fused-ring (bicyclic) bond motifs is 1. The quantitative estimate of drug-likeness (QED) is 0.906. The van der Waals surface area contributed by atoms with E-state index >= 15 is 0 Å². The fraction of sp³-hybridized carbons (Fsp3) is 0.474. The van der Waals surface area contributed by atoms with Gasteiger partial charge in [-0.3, -0.25) is 0 Å². The van der Waals surface area contributed by atoms with E-state index in [9.17, 15) is 0 Å². The first-order valence-electron chi connectivity index (χ1n) is 7.88. The highest BCUT2D eigenvalue weighted by molar-refractivity contribution is 5.83. The highest BCUT2D eigenvalue weighted by Gasteiger charge is 2.30. The number of benzene rings is 2. The molecule has 1 fully saturated rings. The van der Waals surface area contributed by atoms with Gasteiger partial charge in [-0.2, -0.15) is 0 Å². The van der Waals surface area contributed by atoms with Crippen LogP contribution in [-0.2, 0) is 4.74 Å². The summed E-state index contributed by atoms with van der Waals surface area (Å²) in [6.45, 7) is 8.53. The molecule has 0 amide bonds. The summed E-state index contributed by atoms with van der Waals surface area (Å²) in [5, 5.41) is 6.21. The number of hydrogen-bond acceptors (Lipinski definition) is 2. The summed E-state index contributed by atoms with van der Waals surface area (Å²) in [5.41, 5.74) is 1.48. The van der Waals surface area contributed by atoms with Crippen LogP contribution in [0, 0.1) is 5.92 Å². The van der Waals surface area contributed by atoms with E-state index in [1.807, 2.05) is 0 Å². The molecular formula is C19H25NO. The van der Waals surface area contributed by atoms with Gasteiger partial charge in [0.05, 0.1) is 6.10 Å². The lowest BCUT2D eigenvalue weighted by molar-refractivity contribution is 0.0890. The molecule has 3 rings (SSSR count). The molecule has 2 nitrogen and oxygen atoms in total. The van der Waals surface area contributed by atoms with Crippen LogP contribution in [0.15, 0.2) is 42.5 Å². The van der Waals surface area contributed by atoms with Gasteiger partial charge in [-0.15, -0.1) is 0 Å². The van der Waals surface area contributed by atoms with Crippen LogP contribution in [0.25, 0.3) is 10.8 Å². The zero-order valence-corrected chi connectivity index (χ0v) is 13.2. The fourth-order valence-electron chi connectivity index (χ4n) is 3.03. The van der Waals surface area contributed by atoms with Gasteiger partial charge in [0, 0.05) is 24.6 Å². The average Bonchev–Trinajstić information content (AvgIpc) is 2.92. The van der Waals surface area contributed by atoms with Crippen molar-refractivity contribution in [2.24, 2.45) is 5.92 Å². The molecule has 2 atom stereocenters. The third kappa shape index (κ3) is 3.45. The van der Waals surface area contributed by atoms with Gasteiger partial charge < -0.3 is 10.1 Å². The van der Waals surface area contributed by atoms with E-state index in [1.54, 1.807) is 0 Å². The van der Waals surface area contributed by atoms with Crippen LogP contribution in [0.3, 0.4) is 0 Å². The molecule has 0 aromatic heterocycles. The normalized spacial score (nSPS) is 22.8. The first-order valence-corrected chi connectivity index (χ1v) is 7.88. The Kier molecular flexibility index (Phi) is 4.01. The minimum Gasteiger partial charge on any atom is -0.373 e. The molecule has 1 aliphatic heterocycles. The zero-order chi connectivity index (χ0) is 14.9. The molecule has 2 heteroatoms. The molecule has 0 saturated carbocycles. The summed E-state index contributed by atoms with van der Waals surface area (Å²) in [6.07, 6.45) is 1.37. The summed E-state index contributed by atoms with van der Waals surface area (Å²) < 4.78 is 6.03. The van der Waals surface area contributed by atoms with Gasteiger partial charge in [0.2, 0.25) is 0 Å². The SMILES string of the molecule is CC(C)(C)NCC1CCOC1c1ccc2ccccc2c1. The van der Waals surface area contributed by atoms with Crippen molar-refractivity contribution in [1.29, 1.82) is 0 Å². The fourth-order valence-corrected chi connectivity index (χ4v) is 3.03. The van der Waals surface area contributed by atoms with E-state index in [2.05, 4.69) is 68.6 Å². The molecular weight excluding hydrogens is 258 g/mol. The molecule has 1 N–H and O–H groups in total. The summed E-state index contributed by atoms with van der Waals surface area (Å²) in [5.74, 6) is 0.561. The van der Waals surface area contributed by atoms with Crippen LogP contribution in [-0.4, -0.2) is 18.7 Å². The standard InChI is InChI=1S/C19H25NO/c1-19(2,3)20-13-17-10-11-21-18(17)16-9-8-14-6-4-5-7-15(14)12-16/h4-9,12,17-18,20H,10-11,13H2,1-3H3. The molecule has 0 spiro atoms. The topological polar surface area (TPSA) is 21.3 Å². The van der Waals surface area contributed by atoms with Crippen molar-refractivity contribution in [3.05, 3.63) is 48.0 Å². The van der Waals surface area contributed by atoms with Crippen LogP contribution in [0.2, 0.25) is 0 Å². The Bertz CT molecular complexity index is 614. The second-order valence-corrected chi connectivity index (χ2v) is 7.08. The van der Waals surface area contributed by atoms with Crippen LogP contribution in [0.5, 0.6) is 0 Å². The van der Waals surface area contributed by atoms with Crippen molar-refractivity contribution in [3.8, 4) is 0 Å². The predicted octanol–water partition coefficient (Wildman–Crippen LogP) is 4.31. The van der Waals surface area contributed by atoms with E-state index in [1.165, 1.54) is 16.3 Å². The lowest BCUT2D eigenvalue weighted by Crippen LogP contribution is -2.39. The van der Waals surface area contributed by atoms with Gasteiger partial charge in [-0.05, 0) is 49.6 Å². The average molecular weight is 283 g/mol. The van der Waals surface area contributed by atoms with Gasteiger partial charge in [0.25, 0.3) is 0 Å². The Morgan fingerprint density at radius 2 is 1.86 bits per heavy atom. The molecule has 2 unspecified atom stereocenters. The zero-order valence-electron chi connectivity index (χ0n) is 13.2. The minimum atomic E-state index is 0.163. The summed E-state index contributed by atoms with van der Waals surface area (Å²) >= 11 is 0. The van der Waals surface area contributed by atoms with Crippen LogP contribution in [0.4, 0.5) is 0 Å². The van der Waals surface area contributed by atoms with Crippen molar-refractivity contribution in [2.45, 2.75) is 38.8 Å². The van der Waals surface area contributed by atoms with E-state index in [4.69, 9.17) is 4.74 Å². The largest absolute Gasteiger partial charge is 0.373 e. The maximum Gasteiger partial charge on any atom is 0.0866 e. The Hall–Kier alpha value is -1.38. The molecule has 1 saturated heterocycles. The molecule has 0 aliphatic carbocycles. The summed E-state index contributed by atoms with van der Waals surface area (Å²) in [4.78, 5) is 0. The van der Waals surface area contributed by atoms with Crippen molar-refractivity contribution in [2.75, 3.05) is 13.2 Å². The second kappa shape index (κ2) is 5.78. The molecule has 2 aromatic carbocycles. The summed E-state index contributed by atoms with van der Waals surface area (Å²) in [6, 6.07) is 15.2. The smallest absolute Gasteiger partial charge is 0.0866 e. The van der Waals surface area contributed by atoms with Crippen molar-refractivity contribution >= 4 is 10.8 Å². The third-order valence-corrected chi connectivity index (χ3v) is 4.21. The van der Waals surface area contributed by atoms with Gasteiger partial charge in [0.15, 0.2) is 0 Å². The Morgan fingerprint density at radius 1 is 1.10 bits per heavy atom. The van der Waals surface area contributed by atoms with Crippen LogP contribution < -0.4 is 5.32 Å². The molecule has 0 bridgehead atoms. The van der Waals surface area contributed by atoms with E-state index in [-0.39, 0.29) is 11.6 Å². The number of hydrogen-bond donors (Lipinski definition) is 1. The van der Waals surface area contributed by atoms with Gasteiger partial charge in [-0.25, -0.2) is 0 Å². The Labute approximate surface area is 127 Å². The molecule has 1 heterocycles. The highest BCUT2D eigenvalue weighted by atomic mass is 16.5. The highest BCUT2D eigenvalue weighted by Crippen LogP contribution is 2.35. The first-order chi connectivity index (χ1) is 10.0. The lowest BCUT2D eigenvalue weighted by atomic mass is 9.93. The van der Waals surface area contributed by atoms with Crippen molar-refractivity contribution < 1.29 is 4.74 Å². The minimum absolute atomic E-state index is 0.163. The molecule has 112 valence electrons. The molecule has 21 heavy (non-hydrogen) atoms. The van der Waals surface area contributed by atoms with Crippen LogP contribution >= 0.6 is 0 Å². The van der Waals surface area contributed by atoms with Gasteiger partial charge in [0.1, 0.15) is 0 Å². The lowest BCUT2D eigenvalue weighted by Gasteiger charge is -2.26. The number of ether oxygens (including phenoxy) is 1. The summed E-state index contributed by atoms with van der Waals surface area (Å²) in [7, 11) is 0. The first kappa shape index (κ1) is 14.6. The van der Waals surface area contributed by atoms with Gasteiger partial charge >= 0.3 is 0 Å². The monoisotopic (exact) mass is 283 g/mol. The van der Waals surface area contributed by atoms with Gasteiger partial charge in [-0.1, -0.05) is 36.4 Å². The van der Waals surface area contributed by atoms with Crippen molar-refractivity contribution in [3.63, 3.8) is 0 Å². The predicted molar refractivity (Wildman–Crippen MR) is 88.5 cm³/mol. The van der Waals surface area contributed by atoms with E-state index in [0.29, 0.717) is 5.92 Å².